The molecule has 0 spiro atoms. The number of nitrogens with zero attached hydrogens (tertiary/aromatic N) is 4. The number of rotatable bonds is 5. The molecule has 4 saturated carbocycles. The average molecular weight is 404 g/mol. The zero-order chi connectivity index (χ0) is 20.2. The van der Waals surface area contributed by atoms with Crippen molar-refractivity contribution in [3.8, 4) is 5.95 Å². The van der Waals surface area contributed by atoms with Crippen molar-refractivity contribution in [2.24, 2.45) is 23.2 Å². The molecule has 4 aliphatic carbocycles. The Balaban J connectivity index is 1.37. The van der Waals surface area contributed by atoms with E-state index in [1.807, 2.05) is 0 Å². The lowest BCUT2D eigenvalue weighted by atomic mass is 9.48. The highest BCUT2D eigenvalue weighted by Crippen LogP contribution is 2.61. The number of halogens is 3. The first-order valence-corrected chi connectivity index (χ1v) is 10.2. The van der Waals surface area contributed by atoms with Crippen LogP contribution in [0.1, 0.15) is 56.2 Å². The van der Waals surface area contributed by atoms with E-state index in [0.717, 1.165) is 23.9 Å². The molecule has 2 heterocycles. The van der Waals surface area contributed by atoms with Gasteiger partial charge in [0, 0.05) is 37.0 Å². The van der Waals surface area contributed by atoms with Crippen LogP contribution in [-0.2, 0) is 17.4 Å². The van der Waals surface area contributed by atoms with Crippen molar-refractivity contribution in [3.05, 3.63) is 35.9 Å². The molecule has 4 bridgehead atoms. The molecule has 8 heteroatoms. The van der Waals surface area contributed by atoms with Gasteiger partial charge in [0.15, 0.2) is 5.69 Å². The summed E-state index contributed by atoms with van der Waals surface area (Å²) in [6, 6.07) is 1.58. The molecule has 0 saturated heterocycles. The highest BCUT2D eigenvalue weighted by Gasteiger charge is 2.51. The summed E-state index contributed by atoms with van der Waals surface area (Å²) in [6.07, 6.45) is 6.65. The first kappa shape index (κ1) is 18.8. The third kappa shape index (κ3) is 3.57. The van der Waals surface area contributed by atoms with E-state index in [1.54, 1.807) is 6.07 Å². The van der Waals surface area contributed by atoms with Crippen LogP contribution in [0.3, 0.4) is 0 Å². The van der Waals surface area contributed by atoms with E-state index in [9.17, 15) is 18.0 Å². The highest BCUT2D eigenvalue weighted by molar-refractivity contribution is 5.81. The third-order valence-corrected chi connectivity index (χ3v) is 6.94. The summed E-state index contributed by atoms with van der Waals surface area (Å²) in [7, 11) is 0. The van der Waals surface area contributed by atoms with Crippen molar-refractivity contribution < 1.29 is 18.0 Å². The Hall–Kier alpha value is -2.25. The summed E-state index contributed by atoms with van der Waals surface area (Å²) in [5, 5.41) is 3.65. The molecule has 0 amide bonds. The van der Waals surface area contributed by atoms with Crippen molar-refractivity contribution in [1.29, 1.82) is 0 Å². The maximum Gasteiger partial charge on any atom is 0.435 e. The number of aromatic nitrogens is 4. The lowest BCUT2D eigenvalue weighted by Crippen LogP contribution is -2.47. The summed E-state index contributed by atoms with van der Waals surface area (Å²) >= 11 is 0. The highest BCUT2D eigenvalue weighted by atomic mass is 19.4. The SMILES string of the molecule is O=C(Cc1cn(-c2ncccn2)nc1C(F)(F)F)CC12CC3CC(CC(C3)C1)C2. The van der Waals surface area contributed by atoms with Crippen molar-refractivity contribution in [2.75, 3.05) is 0 Å². The van der Waals surface area contributed by atoms with Crippen LogP contribution in [0.15, 0.2) is 24.7 Å². The number of ketones is 1. The van der Waals surface area contributed by atoms with Crippen LogP contribution < -0.4 is 0 Å². The predicted octanol–water partition coefficient (Wildman–Crippen LogP) is 4.40. The van der Waals surface area contributed by atoms with Gasteiger partial charge in [0.1, 0.15) is 5.78 Å². The van der Waals surface area contributed by atoms with E-state index in [-0.39, 0.29) is 29.1 Å². The molecule has 0 aromatic carbocycles. The number of alkyl halides is 3. The van der Waals surface area contributed by atoms with Crippen molar-refractivity contribution in [1.82, 2.24) is 19.7 Å². The topological polar surface area (TPSA) is 60.7 Å². The van der Waals surface area contributed by atoms with Crippen molar-refractivity contribution in [3.63, 3.8) is 0 Å². The number of hydrogen-bond donors (Lipinski definition) is 0. The van der Waals surface area contributed by atoms with Gasteiger partial charge in [-0.25, -0.2) is 14.6 Å². The fourth-order valence-corrected chi connectivity index (χ4v) is 6.49. The van der Waals surface area contributed by atoms with Gasteiger partial charge >= 0.3 is 6.18 Å². The Bertz CT molecular complexity index is 886. The monoisotopic (exact) mass is 404 g/mol. The fraction of sp³-hybridized carbons (Fsp3) is 0.619. The van der Waals surface area contributed by atoms with Crippen LogP contribution in [0, 0.1) is 23.2 Å². The van der Waals surface area contributed by atoms with Crippen LogP contribution in [-0.4, -0.2) is 25.5 Å². The summed E-state index contributed by atoms with van der Waals surface area (Å²) in [5.74, 6) is 2.05. The second-order valence-corrected chi connectivity index (χ2v) is 9.30. The van der Waals surface area contributed by atoms with E-state index in [0.29, 0.717) is 24.2 Å². The second kappa shape index (κ2) is 6.64. The minimum absolute atomic E-state index is 0.0166. The van der Waals surface area contributed by atoms with Crippen molar-refractivity contribution in [2.45, 2.75) is 57.5 Å². The number of hydrogen-bond acceptors (Lipinski definition) is 4. The Kier molecular flexibility index (Phi) is 4.29. The van der Waals surface area contributed by atoms with Gasteiger partial charge in [-0.2, -0.15) is 18.3 Å². The van der Waals surface area contributed by atoms with Crippen LogP contribution in [0.2, 0.25) is 0 Å². The van der Waals surface area contributed by atoms with Crippen LogP contribution >= 0.6 is 0 Å². The van der Waals surface area contributed by atoms with E-state index in [1.165, 1.54) is 37.9 Å². The van der Waals surface area contributed by atoms with E-state index < -0.39 is 11.9 Å². The minimum Gasteiger partial charge on any atom is -0.299 e. The molecule has 6 rings (SSSR count). The molecule has 4 fully saturated rings. The Morgan fingerprint density at radius 1 is 1.07 bits per heavy atom. The predicted molar refractivity (Wildman–Crippen MR) is 98.1 cm³/mol. The number of carbonyl (C=O) groups is 1. The third-order valence-electron chi connectivity index (χ3n) is 6.94. The molecule has 154 valence electrons. The first-order valence-electron chi connectivity index (χ1n) is 10.2. The summed E-state index contributed by atoms with van der Waals surface area (Å²) in [6.45, 7) is 0. The zero-order valence-electron chi connectivity index (χ0n) is 16.0. The van der Waals surface area contributed by atoms with Gasteiger partial charge in [-0.3, -0.25) is 4.79 Å². The molecule has 5 nitrogen and oxygen atoms in total. The summed E-state index contributed by atoms with van der Waals surface area (Å²) in [4.78, 5) is 20.8. The molecule has 0 N–H and O–H groups in total. The van der Waals surface area contributed by atoms with E-state index in [4.69, 9.17) is 0 Å². The summed E-state index contributed by atoms with van der Waals surface area (Å²) in [5.41, 5.74) is -1.11. The molecular formula is C21H23F3N4O. The van der Waals surface area contributed by atoms with Gasteiger partial charge in [0.05, 0.1) is 0 Å². The molecule has 2 aromatic heterocycles. The van der Waals surface area contributed by atoms with Gasteiger partial charge in [-0.15, -0.1) is 0 Å². The van der Waals surface area contributed by atoms with E-state index in [2.05, 4.69) is 15.1 Å². The minimum atomic E-state index is -4.63. The Morgan fingerprint density at radius 3 is 2.21 bits per heavy atom. The maximum atomic E-state index is 13.5. The molecule has 0 radical (unpaired) electrons. The smallest absolute Gasteiger partial charge is 0.299 e. The number of Topliss-reactive ketones (excluding diaryl/α,β-unsaturated/α-hetero) is 1. The molecule has 0 aliphatic heterocycles. The number of carbonyl (C=O) groups excluding carboxylic acids is 1. The standard InChI is InChI=1S/C21H23F3N4O/c22-21(23,24)18-16(12-28(27-18)19-25-2-1-3-26-19)7-17(29)11-20-8-13-4-14(9-20)6-15(5-13)10-20/h1-3,12-15H,4-11H2. The molecule has 0 atom stereocenters. The second-order valence-electron chi connectivity index (χ2n) is 9.30. The lowest BCUT2D eigenvalue weighted by molar-refractivity contribution is -0.142. The molecule has 0 unspecified atom stereocenters. The molecule has 4 aliphatic rings. The van der Waals surface area contributed by atoms with Gasteiger partial charge in [-0.05, 0) is 67.8 Å². The lowest BCUT2D eigenvalue weighted by Gasteiger charge is -2.56. The van der Waals surface area contributed by atoms with Gasteiger partial charge < -0.3 is 0 Å². The van der Waals surface area contributed by atoms with Crippen LogP contribution in [0.4, 0.5) is 13.2 Å². The molecule has 2 aromatic rings. The maximum absolute atomic E-state index is 13.5. The first-order chi connectivity index (χ1) is 13.8. The largest absolute Gasteiger partial charge is 0.435 e. The average Bonchev–Trinajstić information content (AvgIpc) is 3.05. The Morgan fingerprint density at radius 2 is 1.66 bits per heavy atom. The van der Waals surface area contributed by atoms with Gasteiger partial charge in [-0.1, -0.05) is 0 Å². The van der Waals surface area contributed by atoms with Crippen LogP contribution in [0.5, 0.6) is 0 Å². The summed E-state index contributed by atoms with van der Waals surface area (Å²) < 4.78 is 41.6. The normalized spacial score (nSPS) is 30.7. The molecule has 29 heavy (non-hydrogen) atoms. The zero-order valence-corrected chi connectivity index (χ0v) is 16.0. The van der Waals surface area contributed by atoms with Gasteiger partial charge in [0.2, 0.25) is 5.95 Å². The van der Waals surface area contributed by atoms with Crippen molar-refractivity contribution >= 4 is 5.78 Å². The van der Waals surface area contributed by atoms with E-state index >= 15 is 0 Å². The van der Waals surface area contributed by atoms with Crippen LogP contribution in [0.25, 0.3) is 5.95 Å². The van der Waals surface area contributed by atoms with Gasteiger partial charge in [0.25, 0.3) is 0 Å². The Labute approximate surface area is 166 Å². The fourth-order valence-electron chi connectivity index (χ4n) is 6.49. The molecular weight excluding hydrogens is 381 g/mol. The quantitative estimate of drug-likeness (QED) is 0.741.